The van der Waals surface area contributed by atoms with E-state index in [0.29, 0.717) is 19.4 Å². The van der Waals surface area contributed by atoms with Crippen LogP contribution in [0.1, 0.15) is 26.2 Å². The highest BCUT2D eigenvalue weighted by Crippen LogP contribution is 2.35. The quantitative estimate of drug-likeness (QED) is 0.631. The molecule has 3 rings (SSSR count). The van der Waals surface area contributed by atoms with Crippen molar-refractivity contribution in [3.8, 4) is 0 Å². The van der Waals surface area contributed by atoms with Gasteiger partial charge in [0.15, 0.2) is 9.84 Å². The predicted octanol–water partition coefficient (Wildman–Crippen LogP) is 0.861. The molecule has 8 nitrogen and oxygen atoms in total. The SMILES string of the molecule is CC[C@H]1[C@@H](C(=O)OC)C[C@H]2CN(C(=O)CCS(=O)(=O)c3ccccc3)CC(=O)N21. The van der Waals surface area contributed by atoms with Crippen molar-refractivity contribution in [1.29, 1.82) is 0 Å². The van der Waals surface area contributed by atoms with Gasteiger partial charge in [-0.15, -0.1) is 0 Å². The molecule has 2 aliphatic heterocycles. The number of esters is 1. The molecule has 0 aliphatic carbocycles. The van der Waals surface area contributed by atoms with Crippen LogP contribution in [0.3, 0.4) is 0 Å². The molecule has 9 heteroatoms. The first kappa shape index (κ1) is 21.3. The molecule has 2 amide bonds. The summed E-state index contributed by atoms with van der Waals surface area (Å²) < 4.78 is 29.7. The fourth-order valence-electron chi connectivity index (χ4n) is 4.34. The topological polar surface area (TPSA) is 101 Å². The van der Waals surface area contributed by atoms with Gasteiger partial charge < -0.3 is 14.5 Å². The smallest absolute Gasteiger partial charge is 0.310 e. The average molecular weight is 423 g/mol. The molecular formula is C20H26N2O6S. The lowest BCUT2D eigenvalue weighted by molar-refractivity contribution is -0.150. The number of amides is 2. The lowest BCUT2D eigenvalue weighted by Gasteiger charge is -2.39. The molecule has 1 aromatic rings. The number of methoxy groups -OCH3 is 1. The van der Waals surface area contributed by atoms with Crippen LogP contribution in [0.4, 0.5) is 0 Å². The standard InChI is InChI=1S/C20H26N2O6S/c1-3-17-16(20(25)28-2)11-14-12-21(13-19(24)22(14)17)18(23)9-10-29(26,27)15-7-5-4-6-8-15/h4-8,14,16-17H,3,9-13H2,1-2H3/t14-,16-,17-/m0/s1. The monoisotopic (exact) mass is 422 g/mol. The number of piperazine rings is 1. The third kappa shape index (κ3) is 4.29. The highest BCUT2D eigenvalue weighted by atomic mass is 32.2. The summed E-state index contributed by atoms with van der Waals surface area (Å²) in [7, 11) is -2.23. The molecule has 2 saturated heterocycles. The van der Waals surface area contributed by atoms with Crippen molar-refractivity contribution in [2.45, 2.75) is 43.2 Å². The number of ether oxygens (including phenoxy) is 1. The van der Waals surface area contributed by atoms with Gasteiger partial charge in [0, 0.05) is 19.0 Å². The number of rotatable bonds is 6. The van der Waals surface area contributed by atoms with Gasteiger partial charge in [-0.05, 0) is 25.0 Å². The molecule has 3 atom stereocenters. The summed E-state index contributed by atoms with van der Waals surface area (Å²) in [5.74, 6) is -1.62. The largest absolute Gasteiger partial charge is 0.469 e. The first-order chi connectivity index (χ1) is 13.8. The number of hydrogen-bond donors (Lipinski definition) is 0. The van der Waals surface area contributed by atoms with Gasteiger partial charge in [-0.1, -0.05) is 25.1 Å². The van der Waals surface area contributed by atoms with Gasteiger partial charge in [-0.3, -0.25) is 14.4 Å². The third-order valence-electron chi connectivity index (χ3n) is 5.75. The van der Waals surface area contributed by atoms with Gasteiger partial charge in [-0.2, -0.15) is 0 Å². The third-order valence-corrected chi connectivity index (χ3v) is 7.48. The molecule has 2 aliphatic rings. The van der Waals surface area contributed by atoms with Gasteiger partial charge >= 0.3 is 5.97 Å². The maximum absolute atomic E-state index is 12.7. The number of benzene rings is 1. The highest BCUT2D eigenvalue weighted by Gasteiger charge is 2.49. The number of carbonyl (C=O) groups excluding carboxylic acids is 3. The van der Waals surface area contributed by atoms with E-state index in [1.54, 1.807) is 23.1 Å². The van der Waals surface area contributed by atoms with E-state index in [0.717, 1.165) is 0 Å². The molecule has 1 aromatic carbocycles. The van der Waals surface area contributed by atoms with E-state index < -0.39 is 15.8 Å². The van der Waals surface area contributed by atoms with E-state index in [2.05, 4.69) is 0 Å². The normalized spacial score (nSPS) is 24.3. The molecule has 0 bridgehead atoms. The molecule has 0 radical (unpaired) electrons. The molecule has 0 saturated carbocycles. The van der Waals surface area contributed by atoms with Gasteiger partial charge in [0.1, 0.15) is 0 Å². The van der Waals surface area contributed by atoms with Crippen LogP contribution >= 0.6 is 0 Å². The molecule has 0 spiro atoms. The minimum absolute atomic E-state index is 0.0922. The molecule has 2 fully saturated rings. The zero-order valence-corrected chi connectivity index (χ0v) is 17.4. The Morgan fingerprint density at radius 3 is 2.52 bits per heavy atom. The maximum Gasteiger partial charge on any atom is 0.310 e. The van der Waals surface area contributed by atoms with E-state index in [1.807, 2.05) is 6.92 Å². The first-order valence-electron chi connectivity index (χ1n) is 9.73. The van der Waals surface area contributed by atoms with Crippen LogP contribution in [0.15, 0.2) is 35.2 Å². The Morgan fingerprint density at radius 2 is 1.90 bits per heavy atom. The van der Waals surface area contributed by atoms with Gasteiger partial charge in [-0.25, -0.2) is 8.42 Å². The summed E-state index contributed by atoms with van der Waals surface area (Å²) in [5.41, 5.74) is 0. The van der Waals surface area contributed by atoms with Crippen LogP contribution in [0.2, 0.25) is 0 Å². The summed E-state index contributed by atoms with van der Waals surface area (Å²) in [4.78, 5) is 40.7. The summed E-state index contributed by atoms with van der Waals surface area (Å²) in [6, 6.07) is 7.51. The maximum atomic E-state index is 12.7. The Kier molecular flexibility index (Phi) is 6.26. The van der Waals surface area contributed by atoms with Crippen molar-refractivity contribution in [1.82, 2.24) is 9.80 Å². The number of nitrogens with zero attached hydrogens (tertiary/aromatic N) is 2. The number of sulfone groups is 1. The molecule has 2 heterocycles. The van der Waals surface area contributed by atoms with E-state index in [9.17, 15) is 22.8 Å². The second-order valence-corrected chi connectivity index (χ2v) is 9.56. The van der Waals surface area contributed by atoms with Crippen LogP contribution < -0.4 is 0 Å². The highest BCUT2D eigenvalue weighted by molar-refractivity contribution is 7.91. The molecular weight excluding hydrogens is 396 g/mol. The van der Waals surface area contributed by atoms with Crippen molar-refractivity contribution in [3.63, 3.8) is 0 Å². The van der Waals surface area contributed by atoms with Crippen LogP contribution in [-0.4, -0.2) is 74.0 Å². The fourth-order valence-corrected chi connectivity index (χ4v) is 5.60. The Bertz CT molecular complexity index is 885. The molecule has 0 aromatic heterocycles. The number of carbonyl (C=O) groups is 3. The number of hydrogen-bond acceptors (Lipinski definition) is 6. The summed E-state index contributed by atoms with van der Waals surface area (Å²) in [6.45, 7) is 2.13. The molecule has 0 N–H and O–H groups in total. The van der Waals surface area contributed by atoms with E-state index in [-0.39, 0.29) is 53.5 Å². The van der Waals surface area contributed by atoms with Gasteiger partial charge in [0.2, 0.25) is 11.8 Å². The molecule has 158 valence electrons. The Labute approximate surface area is 170 Å². The predicted molar refractivity (Wildman–Crippen MR) is 105 cm³/mol. The van der Waals surface area contributed by atoms with Crippen molar-refractivity contribution >= 4 is 27.6 Å². The fraction of sp³-hybridized carbons (Fsp3) is 0.550. The Balaban J connectivity index is 1.65. The zero-order valence-electron chi connectivity index (χ0n) is 16.6. The minimum atomic E-state index is -3.57. The van der Waals surface area contributed by atoms with Crippen LogP contribution in [0.5, 0.6) is 0 Å². The Hall–Kier alpha value is -2.42. The lowest BCUT2D eigenvalue weighted by atomic mass is 9.97. The van der Waals surface area contributed by atoms with Crippen molar-refractivity contribution in [2.24, 2.45) is 5.92 Å². The average Bonchev–Trinajstić information content (AvgIpc) is 3.11. The van der Waals surface area contributed by atoms with Gasteiger partial charge in [0.25, 0.3) is 0 Å². The van der Waals surface area contributed by atoms with Crippen LogP contribution in [-0.2, 0) is 29.0 Å². The van der Waals surface area contributed by atoms with E-state index in [4.69, 9.17) is 4.74 Å². The van der Waals surface area contributed by atoms with E-state index >= 15 is 0 Å². The summed E-state index contributed by atoms with van der Waals surface area (Å²) in [5, 5.41) is 0. The van der Waals surface area contributed by atoms with Crippen molar-refractivity contribution in [3.05, 3.63) is 30.3 Å². The van der Waals surface area contributed by atoms with Crippen molar-refractivity contribution in [2.75, 3.05) is 26.0 Å². The molecule has 29 heavy (non-hydrogen) atoms. The van der Waals surface area contributed by atoms with Gasteiger partial charge in [0.05, 0.1) is 36.3 Å². The minimum Gasteiger partial charge on any atom is -0.469 e. The Morgan fingerprint density at radius 1 is 1.21 bits per heavy atom. The van der Waals surface area contributed by atoms with Crippen LogP contribution in [0.25, 0.3) is 0 Å². The second-order valence-electron chi connectivity index (χ2n) is 7.45. The van der Waals surface area contributed by atoms with E-state index in [1.165, 1.54) is 24.1 Å². The first-order valence-corrected chi connectivity index (χ1v) is 11.4. The second kappa shape index (κ2) is 8.52. The zero-order chi connectivity index (χ0) is 21.2. The van der Waals surface area contributed by atoms with Crippen molar-refractivity contribution < 1.29 is 27.5 Å². The summed E-state index contributed by atoms with van der Waals surface area (Å²) >= 11 is 0. The lowest BCUT2D eigenvalue weighted by Crippen LogP contribution is -2.57. The summed E-state index contributed by atoms with van der Waals surface area (Å²) in [6.07, 6.45) is 0.892. The molecule has 0 unspecified atom stereocenters. The number of fused-ring (bicyclic) bond motifs is 1. The van der Waals surface area contributed by atoms with Crippen LogP contribution in [0, 0.1) is 5.92 Å².